The Labute approximate surface area is 96.7 Å². The number of carbonyl (C=O) groups is 1. The minimum atomic E-state index is -0.959. The molecule has 0 amide bonds. The van der Waals surface area contributed by atoms with E-state index in [1.165, 1.54) is 0 Å². The molecule has 2 rings (SSSR count). The number of carboxylic acid groups (broad SMARTS) is 1. The van der Waals surface area contributed by atoms with Crippen molar-refractivity contribution in [2.24, 2.45) is 4.99 Å². The van der Waals surface area contributed by atoms with Crippen LogP contribution < -0.4 is 0 Å². The van der Waals surface area contributed by atoms with Gasteiger partial charge >= 0.3 is 5.97 Å². The van der Waals surface area contributed by atoms with Crippen molar-refractivity contribution in [3.05, 3.63) is 52.2 Å². The number of aliphatic imine (C=N–C) groups is 1. The van der Waals surface area contributed by atoms with Gasteiger partial charge in [-0.05, 0) is 23.6 Å². The van der Waals surface area contributed by atoms with Crippen LogP contribution in [0.15, 0.2) is 46.8 Å². The second kappa shape index (κ2) is 4.72. The molecule has 16 heavy (non-hydrogen) atoms. The Kier molecular flexibility index (Phi) is 3.12. The van der Waals surface area contributed by atoms with Gasteiger partial charge in [0, 0.05) is 11.1 Å². The molecule has 0 aliphatic heterocycles. The maximum absolute atomic E-state index is 10.9. The Hall–Kier alpha value is -1.94. The van der Waals surface area contributed by atoms with Gasteiger partial charge in [-0.3, -0.25) is 4.99 Å². The van der Waals surface area contributed by atoms with Crippen molar-refractivity contribution in [2.75, 3.05) is 0 Å². The number of carboxylic acids is 1. The second-order valence-electron chi connectivity index (χ2n) is 3.10. The number of aromatic carboxylic acids is 1. The van der Waals surface area contributed by atoms with E-state index < -0.39 is 5.97 Å². The van der Waals surface area contributed by atoms with Crippen LogP contribution >= 0.6 is 11.3 Å². The molecule has 0 bridgehead atoms. The SMILES string of the molecule is O=C(O)c1ccccc1/N=C/c1cccs1. The monoisotopic (exact) mass is 231 g/mol. The van der Waals surface area contributed by atoms with Gasteiger partial charge in [-0.2, -0.15) is 0 Å². The Morgan fingerprint density at radius 3 is 2.75 bits per heavy atom. The fourth-order valence-electron chi connectivity index (χ4n) is 1.26. The molecule has 0 saturated carbocycles. The van der Waals surface area contributed by atoms with Crippen LogP contribution in [0.3, 0.4) is 0 Å². The zero-order valence-electron chi connectivity index (χ0n) is 8.33. The highest BCUT2D eigenvalue weighted by Gasteiger charge is 2.06. The Bertz CT molecular complexity index is 518. The standard InChI is InChI=1S/C12H9NO2S/c14-12(15)10-5-1-2-6-11(10)13-8-9-4-3-7-16-9/h1-8H,(H,14,15)/b13-8+. The van der Waals surface area contributed by atoms with Crippen molar-refractivity contribution in [1.82, 2.24) is 0 Å². The minimum absolute atomic E-state index is 0.218. The molecule has 3 nitrogen and oxygen atoms in total. The molecule has 0 aliphatic carbocycles. The van der Waals surface area contributed by atoms with E-state index in [4.69, 9.17) is 5.11 Å². The predicted octanol–water partition coefficient (Wildman–Crippen LogP) is 3.20. The van der Waals surface area contributed by atoms with Gasteiger partial charge in [0.15, 0.2) is 0 Å². The zero-order valence-corrected chi connectivity index (χ0v) is 9.15. The summed E-state index contributed by atoms with van der Waals surface area (Å²) >= 11 is 1.56. The fourth-order valence-corrected chi connectivity index (χ4v) is 1.85. The number of hydrogen-bond acceptors (Lipinski definition) is 3. The number of nitrogens with zero attached hydrogens (tertiary/aromatic N) is 1. The lowest BCUT2D eigenvalue weighted by molar-refractivity contribution is 0.0698. The van der Waals surface area contributed by atoms with Gasteiger partial charge in [0.25, 0.3) is 0 Å². The maximum atomic E-state index is 10.9. The quantitative estimate of drug-likeness (QED) is 0.825. The average molecular weight is 231 g/mol. The summed E-state index contributed by atoms with van der Waals surface area (Å²) in [6, 6.07) is 10.5. The lowest BCUT2D eigenvalue weighted by atomic mass is 10.2. The van der Waals surface area contributed by atoms with Crippen molar-refractivity contribution in [3.8, 4) is 0 Å². The molecule has 4 heteroatoms. The molecule has 1 aromatic carbocycles. The summed E-state index contributed by atoms with van der Waals surface area (Å²) < 4.78 is 0. The molecule has 0 spiro atoms. The molecule has 80 valence electrons. The first-order valence-electron chi connectivity index (χ1n) is 4.67. The smallest absolute Gasteiger partial charge is 0.337 e. The van der Waals surface area contributed by atoms with Crippen molar-refractivity contribution in [2.45, 2.75) is 0 Å². The van der Waals surface area contributed by atoms with Gasteiger partial charge in [-0.1, -0.05) is 18.2 Å². The van der Waals surface area contributed by atoms with Crippen molar-refractivity contribution >= 4 is 29.2 Å². The van der Waals surface area contributed by atoms with Crippen LogP contribution in [0.2, 0.25) is 0 Å². The van der Waals surface area contributed by atoms with E-state index in [0.717, 1.165) is 4.88 Å². The van der Waals surface area contributed by atoms with E-state index in [1.807, 2.05) is 17.5 Å². The van der Waals surface area contributed by atoms with E-state index in [1.54, 1.807) is 41.8 Å². The number of benzene rings is 1. The largest absolute Gasteiger partial charge is 0.478 e. The lowest BCUT2D eigenvalue weighted by Crippen LogP contribution is -1.95. The van der Waals surface area contributed by atoms with Gasteiger partial charge in [0.1, 0.15) is 0 Å². The van der Waals surface area contributed by atoms with E-state index in [2.05, 4.69) is 4.99 Å². The number of hydrogen-bond donors (Lipinski definition) is 1. The van der Waals surface area contributed by atoms with Gasteiger partial charge in [-0.15, -0.1) is 11.3 Å². The van der Waals surface area contributed by atoms with Crippen LogP contribution in [0.25, 0.3) is 0 Å². The first-order valence-corrected chi connectivity index (χ1v) is 5.55. The van der Waals surface area contributed by atoms with Crippen molar-refractivity contribution in [3.63, 3.8) is 0 Å². The predicted molar refractivity (Wildman–Crippen MR) is 65.0 cm³/mol. The van der Waals surface area contributed by atoms with Gasteiger partial charge in [-0.25, -0.2) is 4.79 Å². The van der Waals surface area contributed by atoms with E-state index in [9.17, 15) is 4.79 Å². The van der Waals surface area contributed by atoms with Crippen LogP contribution in [-0.4, -0.2) is 17.3 Å². The van der Waals surface area contributed by atoms with E-state index in [0.29, 0.717) is 5.69 Å². The van der Waals surface area contributed by atoms with Crippen molar-refractivity contribution in [1.29, 1.82) is 0 Å². The first kappa shape index (κ1) is 10.6. The highest BCUT2D eigenvalue weighted by atomic mass is 32.1. The highest BCUT2D eigenvalue weighted by molar-refractivity contribution is 7.11. The van der Waals surface area contributed by atoms with Crippen LogP contribution in [0.5, 0.6) is 0 Å². The summed E-state index contributed by atoms with van der Waals surface area (Å²) in [6.45, 7) is 0. The van der Waals surface area contributed by atoms with Gasteiger partial charge < -0.3 is 5.11 Å². The highest BCUT2D eigenvalue weighted by Crippen LogP contribution is 2.18. The molecular weight excluding hydrogens is 222 g/mol. The van der Waals surface area contributed by atoms with E-state index in [-0.39, 0.29) is 5.56 Å². The minimum Gasteiger partial charge on any atom is -0.478 e. The molecule has 0 radical (unpaired) electrons. The molecule has 0 aliphatic rings. The van der Waals surface area contributed by atoms with Crippen LogP contribution in [0, 0.1) is 0 Å². The topological polar surface area (TPSA) is 49.7 Å². The summed E-state index contributed by atoms with van der Waals surface area (Å²) in [5.74, 6) is -0.959. The lowest BCUT2D eigenvalue weighted by Gasteiger charge is -1.98. The molecule has 2 aromatic rings. The summed E-state index contributed by atoms with van der Waals surface area (Å²) in [7, 11) is 0. The molecule has 1 heterocycles. The Balaban J connectivity index is 2.31. The molecule has 0 fully saturated rings. The Morgan fingerprint density at radius 1 is 1.25 bits per heavy atom. The zero-order chi connectivity index (χ0) is 11.4. The molecule has 1 N–H and O–H groups in total. The third-order valence-electron chi connectivity index (χ3n) is 2.01. The van der Waals surface area contributed by atoms with Crippen LogP contribution in [0.4, 0.5) is 5.69 Å². The van der Waals surface area contributed by atoms with Crippen LogP contribution in [-0.2, 0) is 0 Å². The molecule has 0 atom stereocenters. The maximum Gasteiger partial charge on any atom is 0.337 e. The van der Waals surface area contributed by atoms with Gasteiger partial charge in [0.05, 0.1) is 11.3 Å². The first-order chi connectivity index (χ1) is 7.77. The van der Waals surface area contributed by atoms with Gasteiger partial charge in [0.2, 0.25) is 0 Å². The second-order valence-corrected chi connectivity index (χ2v) is 4.08. The third kappa shape index (κ3) is 2.35. The summed E-state index contributed by atoms with van der Waals surface area (Å²) in [4.78, 5) is 16.1. The number of thiophene rings is 1. The molecule has 0 saturated heterocycles. The fraction of sp³-hybridized carbons (Fsp3) is 0. The van der Waals surface area contributed by atoms with E-state index >= 15 is 0 Å². The summed E-state index contributed by atoms with van der Waals surface area (Å²) in [6.07, 6.45) is 1.67. The molecule has 0 unspecified atom stereocenters. The molecular formula is C12H9NO2S. The third-order valence-corrected chi connectivity index (χ3v) is 2.82. The molecule has 1 aromatic heterocycles. The number of para-hydroxylation sites is 1. The average Bonchev–Trinajstić information content (AvgIpc) is 2.79. The Morgan fingerprint density at radius 2 is 2.06 bits per heavy atom. The summed E-state index contributed by atoms with van der Waals surface area (Å²) in [5.41, 5.74) is 0.693. The summed E-state index contributed by atoms with van der Waals surface area (Å²) in [5, 5.41) is 10.9. The normalized spacial score (nSPS) is 10.8. The van der Waals surface area contributed by atoms with Crippen molar-refractivity contribution < 1.29 is 9.90 Å². The number of rotatable bonds is 3. The van der Waals surface area contributed by atoms with Crippen LogP contribution in [0.1, 0.15) is 15.2 Å².